The van der Waals surface area contributed by atoms with Gasteiger partial charge in [-0.1, -0.05) is 0 Å². The third-order valence-electron chi connectivity index (χ3n) is 3.61. The van der Waals surface area contributed by atoms with Gasteiger partial charge in [0, 0.05) is 30.4 Å². The molecule has 1 aliphatic rings. The monoisotopic (exact) mass is 441 g/mol. The van der Waals surface area contributed by atoms with Gasteiger partial charge in [-0.3, -0.25) is 4.99 Å². The SMILES string of the molecule is CN=C(NCc1cc(F)ccc1F)NCC1(C)CCCS1.I. The topological polar surface area (TPSA) is 36.4 Å². The quantitative estimate of drug-likeness (QED) is 0.427. The van der Waals surface area contributed by atoms with E-state index >= 15 is 0 Å². The van der Waals surface area contributed by atoms with Crippen molar-refractivity contribution < 1.29 is 8.78 Å². The number of guanidine groups is 1. The van der Waals surface area contributed by atoms with Crippen LogP contribution in [0.4, 0.5) is 8.78 Å². The van der Waals surface area contributed by atoms with Crippen LogP contribution in [0.15, 0.2) is 23.2 Å². The van der Waals surface area contributed by atoms with Crippen LogP contribution < -0.4 is 10.6 Å². The Bertz CT molecular complexity index is 520. The van der Waals surface area contributed by atoms with Crippen molar-refractivity contribution in [3.05, 3.63) is 35.4 Å². The first kappa shape index (κ1) is 19.5. The predicted molar refractivity (Wildman–Crippen MR) is 100 cm³/mol. The molecule has 1 fully saturated rings. The second kappa shape index (κ2) is 8.90. The Morgan fingerprint density at radius 3 is 2.77 bits per heavy atom. The maximum atomic E-state index is 13.5. The molecule has 1 aromatic rings. The third kappa shape index (κ3) is 5.57. The summed E-state index contributed by atoms with van der Waals surface area (Å²) in [5, 5.41) is 6.28. The molecule has 7 heteroatoms. The molecule has 0 aromatic heterocycles. The highest BCUT2D eigenvalue weighted by Gasteiger charge is 2.29. The molecule has 1 atom stereocenters. The second-order valence-electron chi connectivity index (χ2n) is 5.42. The first-order valence-corrected chi connectivity index (χ1v) is 8.03. The smallest absolute Gasteiger partial charge is 0.191 e. The number of thioether (sulfide) groups is 1. The van der Waals surface area contributed by atoms with Gasteiger partial charge in [-0.25, -0.2) is 8.78 Å². The summed E-state index contributed by atoms with van der Waals surface area (Å²) in [7, 11) is 1.67. The van der Waals surface area contributed by atoms with Crippen molar-refractivity contribution in [2.24, 2.45) is 4.99 Å². The zero-order chi connectivity index (χ0) is 15.3. The Morgan fingerprint density at radius 2 is 2.14 bits per heavy atom. The molecule has 0 spiro atoms. The van der Waals surface area contributed by atoms with E-state index in [-0.39, 0.29) is 35.3 Å². The van der Waals surface area contributed by atoms with E-state index in [1.165, 1.54) is 24.7 Å². The van der Waals surface area contributed by atoms with Crippen LogP contribution in [-0.2, 0) is 6.54 Å². The van der Waals surface area contributed by atoms with Crippen LogP contribution in [0, 0.1) is 11.6 Å². The molecule has 22 heavy (non-hydrogen) atoms. The van der Waals surface area contributed by atoms with Crippen LogP contribution in [0.2, 0.25) is 0 Å². The summed E-state index contributed by atoms with van der Waals surface area (Å²) in [6.45, 7) is 3.24. The molecule has 2 rings (SSSR count). The van der Waals surface area contributed by atoms with E-state index in [2.05, 4.69) is 22.5 Å². The highest BCUT2D eigenvalue weighted by molar-refractivity contribution is 14.0. The molecule has 0 aliphatic carbocycles. The molecule has 0 bridgehead atoms. The number of hydrogen-bond acceptors (Lipinski definition) is 2. The highest BCUT2D eigenvalue weighted by atomic mass is 127. The average Bonchev–Trinajstić information content (AvgIpc) is 2.90. The molecule has 3 nitrogen and oxygen atoms in total. The summed E-state index contributed by atoms with van der Waals surface area (Å²) in [6.07, 6.45) is 2.42. The van der Waals surface area contributed by atoms with Crippen LogP contribution in [0.1, 0.15) is 25.3 Å². The Labute approximate surface area is 151 Å². The fraction of sp³-hybridized carbons (Fsp3) is 0.533. The number of hydrogen-bond donors (Lipinski definition) is 2. The molecule has 1 unspecified atom stereocenters. The molecule has 0 saturated carbocycles. The summed E-state index contributed by atoms with van der Waals surface area (Å²) < 4.78 is 26.9. The summed E-state index contributed by atoms with van der Waals surface area (Å²) >= 11 is 1.96. The summed E-state index contributed by atoms with van der Waals surface area (Å²) in [5.74, 6) is 0.940. The molecular weight excluding hydrogens is 419 g/mol. The largest absolute Gasteiger partial charge is 0.355 e. The van der Waals surface area contributed by atoms with E-state index in [9.17, 15) is 8.78 Å². The van der Waals surface area contributed by atoms with Crippen molar-refractivity contribution in [2.75, 3.05) is 19.3 Å². The minimum absolute atomic E-state index is 0. The van der Waals surface area contributed by atoms with E-state index in [1.807, 2.05) is 11.8 Å². The van der Waals surface area contributed by atoms with Gasteiger partial charge in [0.25, 0.3) is 0 Å². The van der Waals surface area contributed by atoms with Gasteiger partial charge in [0.2, 0.25) is 0 Å². The van der Waals surface area contributed by atoms with Crippen molar-refractivity contribution in [3.8, 4) is 0 Å². The van der Waals surface area contributed by atoms with Crippen LogP contribution in [0.5, 0.6) is 0 Å². The first-order chi connectivity index (χ1) is 10.0. The Hall–Kier alpha value is -0.570. The number of nitrogens with one attached hydrogen (secondary N) is 2. The lowest BCUT2D eigenvalue weighted by Crippen LogP contribution is -2.43. The second-order valence-corrected chi connectivity index (χ2v) is 7.10. The lowest BCUT2D eigenvalue weighted by Gasteiger charge is -2.24. The predicted octanol–water partition coefficient (Wildman–Crippen LogP) is 3.53. The lowest BCUT2D eigenvalue weighted by atomic mass is 10.1. The van der Waals surface area contributed by atoms with Gasteiger partial charge in [-0.15, -0.1) is 24.0 Å². The zero-order valence-corrected chi connectivity index (χ0v) is 15.9. The number of benzene rings is 1. The number of halogens is 3. The lowest BCUT2D eigenvalue weighted by molar-refractivity contribution is 0.574. The molecule has 0 radical (unpaired) electrons. The number of aliphatic imine (C=N–C) groups is 1. The fourth-order valence-electron chi connectivity index (χ4n) is 2.33. The van der Waals surface area contributed by atoms with Crippen LogP contribution in [0.3, 0.4) is 0 Å². The van der Waals surface area contributed by atoms with Crippen LogP contribution in [-0.4, -0.2) is 30.1 Å². The van der Waals surface area contributed by atoms with Crippen molar-refractivity contribution in [2.45, 2.75) is 31.1 Å². The summed E-state index contributed by atoms with van der Waals surface area (Å²) in [6, 6.07) is 3.45. The molecular formula is C15H22F2IN3S. The maximum Gasteiger partial charge on any atom is 0.191 e. The van der Waals surface area contributed by atoms with E-state index in [0.717, 1.165) is 18.7 Å². The molecule has 1 aliphatic heterocycles. The molecule has 2 N–H and O–H groups in total. The summed E-state index contributed by atoms with van der Waals surface area (Å²) in [5.41, 5.74) is 0.291. The van der Waals surface area contributed by atoms with Crippen molar-refractivity contribution >= 4 is 41.7 Å². The number of rotatable bonds is 4. The van der Waals surface area contributed by atoms with Crippen molar-refractivity contribution in [1.29, 1.82) is 0 Å². The Kier molecular flexibility index (Phi) is 7.88. The van der Waals surface area contributed by atoms with Gasteiger partial charge < -0.3 is 10.6 Å². The maximum absolute atomic E-state index is 13.5. The average molecular weight is 441 g/mol. The van der Waals surface area contributed by atoms with E-state index in [4.69, 9.17) is 0 Å². The highest BCUT2D eigenvalue weighted by Crippen LogP contribution is 2.36. The first-order valence-electron chi connectivity index (χ1n) is 7.05. The van der Waals surface area contributed by atoms with Crippen LogP contribution in [0.25, 0.3) is 0 Å². The fourth-order valence-corrected chi connectivity index (χ4v) is 3.57. The normalized spacial score (nSPS) is 21.4. The van der Waals surface area contributed by atoms with Crippen molar-refractivity contribution in [3.63, 3.8) is 0 Å². The van der Waals surface area contributed by atoms with Crippen LogP contribution >= 0.6 is 35.7 Å². The molecule has 1 aromatic carbocycles. The van der Waals surface area contributed by atoms with Gasteiger partial charge in [-0.05, 0) is 43.7 Å². The Morgan fingerprint density at radius 1 is 1.36 bits per heavy atom. The molecule has 1 saturated heterocycles. The van der Waals surface area contributed by atoms with E-state index in [0.29, 0.717) is 11.5 Å². The third-order valence-corrected chi connectivity index (χ3v) is 5.15. The van der Waals surface area contributed by atoms with Gasteiger partial charge in [0.15, 0.2) is 5.96 Å². The van der Waals surface area contributed by atoms with Gasteiger partial charge in [0.1, 0.15) is 11.6 Å². The Balaban J connectivity index is 0.00000242. The van der Waals surface area contributed by atoms with Gasteiger partial charge in [0.05, 0.1) is 0 Å². The zero-order valence-electron chi connectivity index (χ0n) is 12.8. The van der Waals surface area contributed by atoms with E-state index in [1.54, 1.807) is 7.05 Å². The number of nitrogens with zero attached hydrogens (tertiary/aromatic N) is 1. The molecule has 1 heterocycles. The summed E-state index contributed by atoms with van der Waals surface area (Å²) in [4.78, 5) is 4.12. The van der Waals surface area contributed by atoms with Crippen molar-refractivity contribution in [1.82, 2.24) is 10.6 Å². The van der Waals surface area contributed by atoms with E-state index < -0.39 is 11.6 Å². The molecule has 124 valence electrons. The minimum Gasteiger partial charge on any atom is -0.355 e. The standard InChI is InChI=1S/C15H21F2N3S.HI/c1-15(6-3-7-21-15)10-20-14(18-2)19-9-11-8-12(16)4-5-13(11)17;/h4-5,8H,3,6-7,9-10H2,1-2H3,(H2,18,19,20);1H. The molecule has 0 amide bonds. The van der Waals surface area contributed by atoms with Gasteiger partial charge in [-0.2, -0.15) is 11.8 Å². The minimum atomic E-state index is -0.439. The van der Waals surface area contributed by atoms with Gasteiger partial charge >= 0.3 is 0 Å².